The summed E-state index contributed by atoms with van der Waals surface area (Å²) in [6, 6.07) is 0.172. The van der Waals surface area contributed by atoms with Gasteiger partial charge in [0, 0.05) is 13.0 Å². The maximum absolute atomic E-state index is 11.3. The largest absolute Gasteiger partial charge is 0.393 e. The lowest BCUT2D eigenvalue weighted by Crippen LogP contribution is -2.40. The Morgan fingerprint density at radius 1 is 1.71 bits per heavy atom. The van der Waals surface area contributed by atoms with E-state index in [0.717, 1.165) is 19.4 Å². The second-order valence-electron chi connectivity index (χ2n) is 3.87. The fourth-order valence-corrected chi connectivity index (χ4v) is 1.49. The number of amides is 1. The Hall–Kier alpha value is -0.610. The molecule has 2 N–H and O–H groups in total. The second kappa shape index (κ2) is 5.98. The molecule has 0 bridgehead atoms. The van der Waals surface area contributed by atoms with Gasteiger partial charge in [-0.05, 0) is 26.2 Å². The molecule has 1 rings (SSSR count). The maximum atomic E-state index is 11.3. The number of hydrogen-bond donors (Lipinski definition) is 2. The monoisotopic (exact) mass is 201 g/mol. The molecule has 1 amide bonds. The number of hydrogen-bond acceptors (Lipinski definition) is 3. The highest BCUT2D eigenvalue weighted by molar-refractivity contribution is 5.76. The van der Waals surface area contributed by atoms with Crippen LogP contribution >= 0.6 is 0 Å². The molecule has 1 fully saturated rings. The second-order valence-corrected chi connectivity index (χ2v) is 3.87. The molecule has 1 saturated heterocycles. The van der Waals surface area contributed by atoms with E-state index in [0.29, 0.717) is 19.4 Å². The summed E-state index contributed by atoms with van der Waals surface area (Å²) in [6.07, 6.45) is 2.54. The van der Waals surface area contributed by atoms with Crippen LogP contribution in [0.25, 0.3) is 0 Å². The number of nitrogens with one attached hydrogen (secondary N) is 1. The Morgan fingerprint density at radius 3 is 3.07 bits per heavy atom. The summed E-state index contributed by atoms with van der Waals surface area (Å²) in [5.74, 6) is 0.0152. The molecule has 4 nitrogen and oxygen atoms in total. The Labute approximate surface area is 84.6 Å². The number of carbonyl (C=O) groups excluding carboxylic acids is 1. The number of rotatable bonds is 4. The zero-order valence-electron chi connectivity index (χ0n) is 8.66. The van der Waals surface area contributed by atoms with Crippen LogP contribution in [0.2, 0.25) is 0 Å². The first kappa shape index (κ1) is 11.5. The molecule has 1 heterocycles. The predicted octanol–water partition coefficient (Wildman–Crippen LogP) is 0.443. The molecular formula is C10H19NO3. The van der Waals surface area contributed by atoms with Crippen LogP contribution in [0.1, 0.15) is 32.6 Å². The minimum atomic E-state index is -0.400. The SMILES string of the molecule is CC(O)CCC(=O)NC1CCCOC1. The van der Waals surface area contributed by atoms with Crippen molar-refractivity contribution in [1.29, 1.82) is 0 Å². The predicted molar refractivity (Wildman–Crippen MR) is 52.9 cm³/mol. The van der Waals surface area contributed by atoms with Gasteiger partial charge in [0.2, 0.25) is 5.91 Å². The van der Waals surface area contributed by atoms with Gasteiger partial charge in [-0.25, -0.2) is 0 Å². The van der Waals surface area contributed by atoms with Gasteiger partial charge in [-0.3, -0.25) is 4.79 Å². The molecule has 0 radical (unpaired) electrons. The standard InChI is InChI=1S/C10H19NO3/c1-8(12)4-5-10(13)11-9-3-2-6-14-7-9/h8-9,12H,2-7H2,1H3,(H,11,13). The molecule has 0 aliphatic carbocycles. The van der Waals surface area contributed by atoms with Crippen molar-refractivity contribution in [2.45, 2.75) is 44.8 Å². The Morgan fingerprint density at radius 2 is 2.50 bits per heavy atom. The van der Waals surface area contributed by atoms with E-state index in [1.54, 1.807) is 6.92 Å². The van der Waals surface area contributed by atoms with E-state index in [9.17, 15) is 4.79 Å². The van der Waals surface area contributed by atoms with E-state index >= 15 is 0 Å². The first-order chi connectivity index (χ1) is 6.68. The molecule has 0 aromatic heterocycles. The Balaban J connectivity index is 2.12. The van der Waals surface area contributed by atoms with E-state index < -0.39 is 6.10 Å². The normalized spacial score (nSPS) is 24.3. The molecule has 82 valence electrons. The lowest BCUT2D eigenvalue weighted by Gasteiger charge is -2.23. The van der Waals surface area contributed by atoms with Gasteiger partial charge in [0.1, 0.15) is 0 Å². The topological polar surface area (TPSA) is 58.6 Å². The van der Waals surface area contributed by atoms with Gasteiger partial charge in [0.05, 0.1) is 18.8 Å². The van der Waals surface area contributed by atoms with Crippen molar-refractivity contribution in [2.24, 2.45) is 0 Å². The molecule has 4 heteroatoms. The van der Waals surface area contributed by atoms with E-state index in [-0.39, 0.29) is 11.9 Å². The maximum Gasteiger partial charge on any atom is 0.220 e. The van der Waals surface area contributed by atoms with Crippen LogP contribution < -0.4 is 5.32 Å². The van der Waals surface area contributed by atoms with Crippen LogP contribution in [0.4, 0.5) is 0 Å². The first-order valence-corrected chi connectivity index (χ1v) is 5.23. The lowest BCUT2D eigenvalue weighted by molar-refractivity contribution is -0.123. The van der Waals surface area contributed by atoms with Crippen LogP contribution in [0, 0.1) is 0 Å². The summed E-state index contributed by atoms with van der Waals surface area (Å²) in [7, 11) is 0. The highest BCUT2D eigenvalue weighted by Crippen LogP contribution is 2.06. The number of aliphatic hydroxyl groups is 1. The molecule has 0 aromatic rings. The summed E-state index contributed by atoms with van der Waals surface area (Å²) in [5, 5.41) is 11.9. The van der Waals surface area contributed by atoms with Crippen molar-refractivity contribution in [3.63, 3.8) is 0 Å². The zero-order valence-corrected chi connectivity index (χ0v) is 8.66. The summed E-state index contributed by atoms with van der Waals surface area (Å²) < 4.78 is 5.24. The van der Waals surface area contributed by atoms with Crippen molar-refractivity contribution in [2.75, 3.05) is 13.2 Å². The van der Waals surface area contributed by atoms with E-state index in [1.807, 2.05) is 0 Å². The van der Waals surface area contributed by atoms with Crippen molar-refractivity contribution in [3.05, 3.63) is 0 Å². The Kier molecular flexibility index (Phi) is 4.90. The van der Waals surface area contributed by atoms with Crippen LogP contribution in [0.15, 0.2) is 0 Å². The van der Waals surface area contributed by atoms with Crippen molar-refractivity contribution in [3.8, 4) is 0 Å². The van der Waals surface area contributed by atoms with Crippen molar-refractivity contribution >= 4 is 5.91 Å². The molecule has 0 spiro atoms. The van der Waals surface area contributed by atoms with Gasteiger partial charge >= 0.3 is 0 Å². The van der Waals surface area contributed by atoms with Gasteiger partial charge in [-0.2, -0.15) is 0 Å². The minimum Gasteiger partial charge on any atom is -0.393 e. The van der Waals surface area contributed by atoms with E-state index in [1.165, 1.54) is 0 Å². The average Bonchev–Trinajstić information content (AvgIpc) is 2.16. The van der Waals surface area contributed by atoms with Crippen LogP contribution in [-0.2, 0) is 9.53 Å². The average molecular weight is 201 g/mol. The summed E-state index contributed by atoms with van der Waals surface area (Å²) in [4.78, 5) is 11.3. The van der Waals surface area contributed by atoms with Crippen LogP contribution in [-0.4, -0.2) is 36.4 Å². The van der Waals surface area contributed by atoms with E-state index in [2.05, 4.69) is 5.32 Å². The highest BCUT2D eigenvalue weighted by atomic mass is 16.5. The van der Waals surface area contributed by atoms with Gasteiger partial charge < -0.3 is 15.2 Å². The zero-order chi connectivity index (χ0) is 10.4. The van der Waals surface area contributed by atoms with Gasteiger partial charge in [0.25, 0.3) is 0 Å². The molecule has 0 aromatic carbocycles. The fraction of sp³-hybridized carbons (Fsp3) is 0.900. The molecule has 2 unspecified atom stereocenters. The third-order valence-corrected chi connectivity index (χ3v) is 2.31. The molecule has 2 atom stereocenters. The van der Waals surface area contributed by atoms with Crippen LogP contribution in [0.3, 0.4) is 0 Å². The minimum absolute atomic E-state index is 0.0152. The van der Waals surface area contributed by atoms with Gasteiger partial charge in [-0.15, -0.1) is 0 Å². The smallest absolute Gasteiger partial charge is 0.220 e. The number of ether oxygens (including phenoxy) is 1. The fourth-order valence-electron chi connectivity index (χ4n) is 1.49. The van der Waals surface area contributed by atoms with Crippen molar-refractivity contribution in [1.82, 2.24) is 5.32 Å². The number of aliphatic hydroxyl groups excluding tert-OH is 1. The summed E-state index contributed by atoms with van der Waals surface area (Å²) in [5.41, 5.74) is 0. The Bertz CT molecular complexity index is 176. The third-order valence-electron chi connectivity index (χ3n) is 2.31. The van der Waals surface area contributed by atoms with E-state index in [4.69, 9.17) is 9.84 Å². The van der Waals surface area contributed by atoms with Crippen molar-refractivity contribution < 1.29 is 14.6 Å². The van der Waals surface area contributed by atoms with Gasteiger partial charge in [0.15, 0.2) is 0 Å². The van der Waals surface area contributed by atoms with Gasteiger partial charge in [-0.1, -0.05) is 0 Å². The number of carbonyl (C=O) groups is 1. The third kappa shape index (κ3) is 4.58. The quantitative estimate of drug-likeness (QED) is 0.694. The summed E-state index contributed by atoms with van der Waals surface area (Å²) >= 11 is 0. The molecular weight excluding hydrogens is 182 g/mol. The lowest BCUT2D eigenvalue weighted by atomic mass is 10.1. The molecule has 0 saturated carbocycles. The molecule has 14 heavy (non-hydrogen) atoms. The first-order valence-electron chi connectivity index (χ1n) is 5.23. The van der Waals surface area contributed by atoms with Crippen LogP contribution in [0.5, 0.6) is 0 Å². The highest BCUT2D eigenvalue weighted by Gasteiger charge is 2.15. The summed E-state index contributed by atoms with van der Waals surface area (Å²) in [6.45, 7) is 3.12. The molecule has 1 aliphatic rings. The molecule has 1 aliphatic heterocycles.